The third-order valence-corrected chi connectivity index (χ3v) is 3.38. The number of halogens is 4. The lowest BCUT2D eigenvalue weighted by atomic mass is 10.2. The Hall–Kier alpha value is -2.15. The first kappa shape index (κ1) is 13.8. The normalized spacial score (nSPS) is 12.0. The maximum absolute atomic E-state index is 13.7. The molecule has 1 heterocycles. The summed E-state index contributed by atoms with van der Waals surface area (Å²) < 4.78 is 53.6. The summed E-state index contributed by atoms with van der Waals surface area (Å²) >= 11 is 5.09. The molecule has 1 aromatic heterocycles. The highest BCUT2D eigenvalue weighted by Crippen LogP contribution is 2.31. The smallest absolute Gasteiger partial charge is 0.328 e. The van der Waals surface area contributed by atoms with Gasteiger partial charge in [-0.3, -0.25) is 4.57 Å². The summed E-state index contributed by atoms with van der Waals surface area (Å²) in [6.07, 6.45) is -4.45. The Morgan fingerprint density at radius 1 is 1.05 bits per heavy atom. The number of hydrogen-bond acceptors (Lipinski definition) is 1. The molecule has 3 rings (SSSR count). The Labute approximate surface area is 121 Å². The molecule has 1 N–H and O–H groups in total. The number of benzene rings is 2. The number of H-pyrrole nitrogens is 1. The fourth-order valence-corrected chi connectivity index (χ4v) is 2.48. The van der Waals surface area contributed by atoms with Crippen molar-refractivity contribution in [1.29, 1.82) is 0 Å². The number of nitrogens with one attached hydrogen (secondary N) is 1. The van der Waals surface area contributed by atoms with E-state index in [9.17, 15) is 17.6 Å². The van der Waals surface area contributed by atoms with Gasteiger partial charge in [-0.2, -0.15) is 13.2 Å². The Balaban J connectivity index is 2.29. The van der Waals surface area contributed by atoms with E-state index in [0.717, 1.165) is 12.1 Å². The number of para-hydroxylation sites is 1. The van der Waals surface area contributed by atoms with Crippen LogP contribution in [0, 0.1) is 10.6 Å². The molecular formula is C14H8F4N2S. The van der Waals surface area contributed by atoms with Crippen LogP contribution in [0.25, 0.3) is 16.7 Å². The van der Waals surface area contributed by atoms with E-state index in [4.69, 9.17) is 12.2 Å². The maximum Gasteiger partial charge on any atom is 0.416 e. The van der Waals surface area contributed by atoms with Gasteiger partial charge in [-0.05, 0) is 42.5 Å². The summed E-state index contributed by atoms with van der Waals surface area (Å²) in [5.74, 6) is -0.510. The minimum atomic E-state index is -4.45. The number of rotatable bonds is 1. The molecule has 0 amide bonds. The third-order valence-electron chi connectivity index (χ3n) is 3.10. The second kappa shape index (κ2) is 4.70. The number of imidazole rings is 1. The molecule has 0 aliphatic carbocycles. The van der Waals surface area contributed by atoms with Crippen LogP contribution >= 0.6 is 12.2 Å². The number of nitrogens with zero attached hydrogens (tertiary/aromatic N) is 1. The van der Waals surface area contributed by atoms with Crippen molar-refractivity contribution >= 4 is 23.3 Å². The van der Waals surface area contributed by atoms with Crippen molar-refractivity contribution < 1.29 is 17.6 Å². The molecular weight excluding hydrogens is 304 g/mol. The first-order valence-corrected chi connectivity index (χ1v) is 6.35. The van der Waals surface area contributed by atoms with Crippen molar-refractivity contribution in [1.82, 2.24) is 9.55 Å². The first-order valence-electron chi connectivity index (χ1n) is 5.95. The van der Waals surface area contributed by atoms with Crippen molar-refractivity contribution in [3.8, 4) is 5.69 Å². The van der Waals surface area contributed by atoms with Crippen molar-refractivity contribution in [2.75, 3.05) is 0 Å². The third kappa shape index (κ3) is 2.33. The van der Waals surface area contributed by atoms with Crippen LogP contribution in [-0.4, -0.2) is 9.55 Å². The van der Waals surface area contributed by atoms with Crippen LogP contribution in [0.4, 0.5) is 17.6 Å². The summed E-state index contributed by atoms with van der Waals surface area (Å²) in [4.78, 5) is 2.67. The van der Waals surface area contributed by atoms with Crippen LogP contribution in [-0.2, 0) is 6.18 Å². The van der Waals surface area contributed by atoms with Gasteiger partial charge in [0.15, 0.2) is 4.77 Å². The van der Waals surface area contributed by atoms with Gasteiger partial charge in [-0.25, -0.2) is 4.39 Å². The van der Waals surface area contributed by atoms with Crippen molar-refractivity contribution in [2.45, 2.75) is 6.18 Å². The predicted molar refractivity (Wildman–Crippen MR) is 73.4 cm³/mol. The first-order chi connectivity index (χ1) is 9.88. The topological polar surface area (TPSA) is 20.7 Å². The van der Waals surface area contributed by atoms with Gasteiger partial charge < -0.3 is 4.98 Å². The highest BCUT2D eigenvalue weighted by atomic mass is 32.1. The van der Waals surface area contributed by atoms with Gasteiger partial charge in [0.25, 0.3) is 0 Å². The van der Waals surface area contributed by atoms with E-state index in [1.54, 1.807) is 6.07 Å². The quantitative estimate of drug-likeness (QED) is 0.503. The zero-order chi connectivity index (χ0) is 15.2. The molecule has 3 aromatic rings. The van der Waals surface area contributed by atoms with Crippen molar-refractivity contribution in [2.24, 2.45) is 0 Å². The zero-order valence-electron chi connectivity index (χ0n) is 10.4. The molecule has 0 aliphatic rings. The molecule has 0 unspecified atom stereocenters. The number of alkyl halides is 3. The highest BCUT2D eigenvalue weighted by molar-refractivity contribution is 7.71. The average Bonchev–Trinajstić information content (AvgIpc) is 2.76. The van der Waals surface area contributed by atoms with Crippen molar-refractivity contribution in [3.05, 3.63) is 58.6 Å². The van der Waals surface area contributed by atoms with Crippen LogP contribution < -0.4 is 0 Å². The van der Waals surface area contributed by atoms with E-state index >= 15 is 0 Å². The Kier molecular flexibility index (Phi) is 3.09. The largest absolute Gasteiger partial charge is 0.416 e. The van der Waals surface area contributed by atoms with E-state index in [1.165, 1.54) is 28.8 Å². The molecule has 0 saturated carbocycles. The minimum Gasteiger partial charge on any atom is -0.328 e. The molecule has 21 heavy (non-hydrogen) atoms. The van der Waals surface area contributed by atoms with E-state index in [0.29, 0.717) is 5.52 Å². The molecule has 7 heteroatoms. The minimum absolute atomic E-state index is 0.134. The molecule has 0 fully saturated rings. The molecule has 108 valence electrons. The van der Waals surface area contributed by atoms with E-state index in [1.807, 2.05) is 0 Å². The Morgan fingerprint density at radius 2 is 1.76 bits per heavy atom. The summed E-state index contributed by atoms with van der Waals surface area (Å²) in [5, 5.41) is 0. The molecule has 2 aromatic carbocycles. The van der Waals surface area contributed by atoms with E-state index in [2.05, 4.69) is 4.98 Å². The molecule has 0 atom stereocenters. The highest BCUT2D eigenvalue weighted by Gasteiger charge is 2.30. The number of aromatic nitrogens is 2. The van der Waals surface area contributed by atoms with Gasteiger partial charge in [0.2, 0.25) is 0 Å². The van der Waals surface area contributed by atoms with Crippen LogP contribution in [0.15, 0.2) is 42.5 Å². The Morgan fingerprint density at radius 3 is 2.48 bits per heavy atom. The molecule has 0 spiro atoms. The number of fused-ring (bicyclic) bond motifs is 1. The van der Waals surface area contributed by atoms with Gasteiger partial charge in [0.05, 0.1) is 11.1 Å². The summed E-state index contributed by atoms with van der Waals surface area (Å²) in [6, 6.07) is 9.05. The molecule has 0 bridgehead atoms. The van der Waals surface area contributed by atoms with Crippen molar-refractivity contribution in [3.63, 3.8) is 0 Å². The van der Waals surface area contributed by atoms with Gasteiger partial charge >= 0.3 is 6.18 Å². The fourth-order valence-electron chi connectivity index (χ4n) is 2.17. The maximum atomic E-state index is 13.7. The van der Waals surface area contributed by atoms with Gasteiger partial charge in [0.1, 0.15) is 11.3 Å². The molecule has 0 saturated heterocycles. The average molecular weight is 312 g/mol. The van der Waals surface area contributed by atoms with Gasteiger partial charge in [-0.15, -0.1) is 0 Å². The fraction of sp³-hybridized carbons (Fsp3) is 0.0714. The van der Waals surface area contributed by atoms with E-state index in [-0.39, 0.29) is 16.0 Å². The van der Waals surface area contributed by atoms with Crippen LogP contribution in [0.3, 0.4) is 0 Å². The van der Waals surface area contributed by atoms with E-state index < -0.39 is 17.6 Å². The lowest BCUT2D eigenvalue weighted by Crippen LogP contribution is -2.06. The lowest BCUT2D eigenvalue weighted by molar-refractivity contribution is -0.137. The number of aromatic amines is 1. The second-order valence-electron chi connectivity index (χ2n) is 4.45. The summed E-state index contributed by atoms with van der Waals surface area (Å²) in [6.45, 7) is 0. The Bertz CT molecular complexity index is 877. The van der Waals surface area contributed by atoms with Gasteiger partial charge in [0, 0.05) is 5.69 Å². The summed E-state index contributed by atoms with van der Waals surface area (Å²) in [7, 11) is 0. The van der Waals surface area contributed by atoms with Crippen LogP contribution in [0.1, 0.15) is 5.56 Å². The lowest BCUT2D eigenvalue weighted by Gasteiger charge is -2.10. The SMILES string of the molecule is Fc1cccc2c1[nH]c(=S)n2-c1cccc(C(F)(F)F)c1. The standard InChI is InChI=1S/C14H8F4N2S/c15-10-5-2-6-11-12(10)19-13(21)20(11)9-4-1-3-8(7-9)14(16,17)18/h1-7H,(H,19,21). The summed E-state index contributed by atoms with van der Waals surface area (Å²) in [5.41, 5.74) is -0.00133. The van der Waals surface area contributed by atoms with Crippen LogP contribution in [0.2, 0.25) is 0 Å². The van der Waals surface area contributed by atoms with Crippen LogP contribution in [0.5, 0.6) is 0 Å². The van der Waals surface area contributed by atoms with Gasteiger partial charge in [-0.1, -0.05) is 12.1 Å². The zero-order valence-corrected chi connectivity index (χ0v) is 11.2. The molecule has 0 aliphatic heterocycles. The number of hydrogen-bond donors (Lipinski definition) is 1. The molecule has 0 radical (unpaired) electrons. The second-order valence-corrected chi connectivity index (χ2v) is 4.83. The monoisotopic (exact) mass is 312 g/mol. The molecule has 2 nitrogen and oxygen atoms in total. The predicted octanol–water partition coefficient (Wildman–Crippen LogP) is 4.85.